The van der Waals surface area contributed by atoms with Crippen molar-refractivity contribution in [3.05, 3.63) is 65.0 Å². The van der Waals surface area contributed by atoms with Crippen LogP contribution < -0.4 is 9.47 Å². The highest BCUT2D eigenvalue weighted by Gasteiger charge is 2.24. The first-order valence-corrected chi connectivity index (χ1v) is 12.8. The van der Waals surface area contributed by atoms with Crippen LogP contribution in [0.15, 0.2) is 36.5 Å². The number of hydrogen-bond donors (Lipinski definition) is 1. The highest BCUT2D eigenvalue weighted by Crippen LogP contribution is 2.39. The molecule has 4 aromatic rings. The molecule has 1 saturated heterocycles. The van der Waals surface area contributed by atoms with Gasteiger partial charge in [0.2, 0.25) is 11.8 Å². The molecule has 194 valence electrons. The van der Waals surface area contributed by atoms with Crippen molar-refractivity contribution in [1.29, 1.82) is 0 Å². The van der Waals surface area contributed by atoms with Crippen LogP contribution in [0.1, 0.15) is 61.2 Å². The topological polar surface area (TPSA) is 76.2 Å². The lowest BCUT2D eigenvalue weighted by atomic mass is 9.87. The fraction of sp³-hybridized carbons (Fsp3) is 0.414. The summed E-state index contributed by atoms with van der Waals surface area (Å²) in [5.41, 5.74) is 5.77. The number of benzene rings is 1. The molecule has 7 nitrogen and oxygen atoms in total. The lowest BCUT2D eigenvalue weighted by molar-refractivity contribution is 0.198. The molecule has 0 aliphatic carbocycles. The number of aromatic nitrogens is 4. The standard InChI is InChI=1S/C29H34FN5O2/c1-17(2)28-22-13-20(6-7-24(22)32-29(28)21-12-18(3)31-15-23(21)30)19-8-10-35(11-9-19)16-25-33-26(36-4)14-27(34-25)37-5/h6-7,12-15,17,19,32H,8-11,16H2,1-5H3. The zero-order valence-electron chi connectivity index (χ0n) is 22.1. The van der Waals surface area contributed by atoms with Crippen LogP contribution in [0.2, 0.25) is 0 Å². The molecule has 3 aromatic heterocycles. The summed E-state index contributed by atoms with van der Waals surface area (Å²) in [6.45, 7) is 8.81. The van der Waals surface area contributed by atoms with E-state index >= 15 is 0 Å². The van der Waals surface area contributed by atoms with Crippen LogP contribution in [0, 0.1) is 12.7 Å². The third-order valence-electron chi connectivity index (χ3n) is 7.27. The number of halogens is 1. The Hall–Kier alpha value is -3.52. The zero-order chi connectivity index (χ0) is 26.1. The van der Waals surface area contributed by atoms with Gasteiger partial charge in [-0.1, -0.05) is 19.9 Å². The number of H-pyrrole nitrogens is 1. The van der Waals surface area contributed by atoms with Crippen molar-refractivity contribution < 1.29 is 13.9 Å². The minimum atomic E-state index is -0.302. The molecule has 37 heavy (non-hydrogen) atoms. The van der Waals surface area contributed by atoms with Crippen LogP contribution in [0.5, 0.6) is 11.8 Å². The van der Waals surface area contributed by atoms with E-state index in [1.807, 2.05) is 13.0 Å². The lowest BCUT2D eigenvalue weighted by Gasteiger charge is -2.31. The van der Waals surface area contributed by atoms with Gasteiger partial charge in [0, 0.05) is 22.2 Å². The maximum Gasteiger partial charge on any atom is 0.220 e. The van der Waals surface area contributed by atoms with Gasteiger partial charge in [0.1, 0.15) is 5.82 Å². The molecule has 0 unspecified atom stereocenters. The quantitative estimate of drug-likeness (QED) is 0.334. The third-order valence-corrected chi connectivity index (χ3v) is 7.27. The van der Waals surface area contributed by atoms with Gasteiger partial charge in [0.05, 0.1) is 38.7 Å². The summed E-state index contributed by atoms with van der Waals surface area (Å²) < 4.78 is 25.3. The summed E-state index contributed by atoms with van der Waals surface area (Å²) in [7, 11) is 3.20. The van der Waals surface area contributed by atoms with Crippen molar-refractivity contribution in [2.24, 2.45) is 0 Å². The van der Waals surface area contributed by atoms with Crippen molar-refractivity contribution in [1.82, 2.24) is 24.8 Å². The predicted molar refractivity (Wildman–Crippen MR) is 143 cm³/mol. The van der Waals surface area contributed by atoms with Crippen molar-refractivity contribution in [3.8, 4) is 23.0 Å². The van der Waals surface area contributed by atoms with Crippen LogP contribution in [0.25, 0.3) is 22.2 Å². The number of fused-ring (bicyclic) bond motifs is 1. The summed E-state index contributed by atoms with van der Waals surface area (Å²) in [6.07, 6.45) is 3.42. The molecule has 0 radical (unpaired) electrons. The van der Waals surface area contributed by atoms with Gasteiger partial charge >= 0.3 is 0 Å². The van der Waals surface area contributed by atoms with Crippen LogP contribution in [-0.2, 0) is 6.54 Å². The number of rotatable bonds is 7. The molecule has 1 aromatic carbocycles. The van der Waals surface area contributed by atoms with Crippen molar-refractivity contribution in [2.45, 2.75) is 52.0 Å². The van der Waals surface area contributed by atoms with Crippen molar-refractivity contribution >= 4 is 10.9 Å². The van der Waals surface area contributed by atoms with E-state index in [4.69, 9.17) is 9.47 Å². The fourth-order valence-electron chi connectivity index (χ4n) is 5.38. The smallest absolute Gasteiger partial charge is 0.220 e. The second-order valence-electron chi connectivity index (χ2n) is 10.1. The first kappa shape index (κ1) is 25.1. The SMILES string of the molecule is COc1cc(OC)nc(CN2CCC(c3ccc4[nH]c(-c5cc(C)ncc5F)c(C(C)C)c4c3)CC2)n1. The summed E-state index contributed by atoms with van der Waals surface area (Å²) >= 11 is 0. The first-order valence-electron chi connectivity index (χ1n) is 12.8. The van der Waals surface area contributed by atoms with Gasteiger partial charge < -0.3 is 14.5 Å². The molecule has 1 aliphatic rings. The van der Waals surface area contributed by atoms with Crippen molar-refractivity contribution in [2.75, 3.05) is 27.3 Å². The number of methoxy groups -OCH3 is 2. The molecule has 5 rings (SSSR count). The Bertz CT molecular complexity index is 1390. The number of nitrogens with zero attached hydrogens (tertiary/aromatic N) is 4. The van der Waals surface area contributed by atoms with Gasteiger partial charge in [-0.2, -0.15) is 9.97 Å². The molecule has 0 bridgehead atoms. The molecule has 0 atom stereocenters. The van der Waals surface area contributed by atoms with E-state index in [0.29, 0.717) is 35.6 Å². The van der Waals surface area contributed by atoms with Crippen molar-refractivity contribution in [3.63, 3.8) is 0 Å². The highest BCUT2D eigenvalue weighted by atomic mass is 19.1. The molecule has 0 spiro atoms. The summed E-state index contributed by atoms with van der Waals surface area (Å²) in [5.74, 6) is 2.14. The largest absolute Gasteiger partial charge is 0.481 e. The molecule has 1 N–H and O–H groups in total. The number of piperidine rings is 1. The van der Waals surface area contributed by atoms with Crippen LogP contribution in [0.3, 0.4) is 0 Å². The third kappa shape index (κ3) is 5.16. The lowest BCUT2D eigenvalue weighted by Crippen LogP contribution is -2.33. The summed E-state index contributed by atoms with van der Waals surface area (Å²) in [6, 6.07) is 10.2. The fourth-order valence-corrected chi connectivity index (χ4v) is 5.38. The molecule has 0 amide bonds. The average Bonchev–Trinajstić information content (AvgIpc) is 3.29. The van der Waals surface area contributed by atoms with Crippen LogP contribution >= 0.6 is 0 Å². The molecule has 4 heterocycles. The maximum atomic E-state index is 14.8. The van der Waals surface area contributed by atoms with Gasteiger partial charge in [0.15, 0.2) is 5.82 Å². The molecule has 0 saturated carbocycles. The van der Waals surface area contributed by atoms with Crippen LogP contribution in [-0.4, -0.2) is 52.1 Å². The first-order chi connectivity index (χ1) is 17.9. The van der Waals surface area contributed by atoms with Gasteiger partial charge in [-0.25, -0.2) is 4.39 Å². The summed E-state index contributed by atoms with van der Waals surface area (Å²) in [4.78, 5) is 19.0. The minimum absolute atomic E-state index is 0.244. The highest BCUT2D eigenvalue weighted by molar-refractivity contribution is 5.92. The summed E-state index contributed by atoms with van der Waals surface area (Å²) in [5, 5.41) is 1.18. The number of aromatic amines is 1. The molecule has 1 aliphatic heterocycles. The normalized spacial score (nSPS) is 15.0. The second-order valence-corrected chi connectivity index (χ2v) is 10.1. The molecule has 1 fully saturated rings. The Morgan fingerprint density at radius 2 is 1.76 bits per heavy atom. The Balaban J connectivity index is 1.36. The van der Waals surface area contributed by atoms with E-state index < -0.39 is 0 Å². The number of aryl methyl sites for hydroxylation is 1. The number of hydrogen-bond acceptors (Lipinski definition) is 6. The molecular weight excluding hydrogens is 469 g/mol. The average molecular weight is 504 g/mol. The van der Waals surface area contributed by atoms with Gasteiger partial charge in [-0.15, -0.1) is 0 Å². The number of likely N-dealkylation sites (tertiary alicyclic amines) is 1. The van der Waals surface area contributed by atoms with Crippen LogP contribution in [0.4, 0.5) is 4.39 Å². The zero-order valence-corrected chi connectivity index (χ0v) is 22.1. The number of nitrogens with one attached hydrogen (secondary N) is 1. The van der Waals surface area contributed by atoms with E-state index in [1.54, 1.807) is 20.3 Å². The number of ether oxygens (including phenoxy) is 2. The Kier molecular flexibility index (Phi) is 7.11. The van der Waals surface area contributed by atoms with E-state index in [0.717, 1.165) is 48.4 Å². The van der Waals surface area contributed by atoms with Gasteiger partial charge in [0.25, 0.3) is 0 Å². The Morgan fingerprint density at radius 1 is 1.05 bits per heavy atom. The van der Waals surface area contributed by atoms with E-state index in [-0.39, 0.29) is 11.7 Å². The Morgan fingerprint density at radius 3 is 2.41 bits per heavy atom. The van der Waals surface area contributed by atoms with E-state index in [9.17, 15) is 4.39 Å². The van der Waals surface area contributed by atoms with Gasteiger partial charge in [-0.3, -0.25) is 9.88 Å². The predicted octanol–water partition coefficient (Wildman–Crippen LogP) is 5.99. The van der Waals surface area contributed by atoms with E-state index in [1.165, 1.54) is 17.1 Å². The van der Waals surface area contributed by atoms with E-state index in [2.05, 4.69) is 56.9 Å². The second kappa shape index (κ2) is 10.5. The molecule has 8 heteroatoms. The maximum absolute atomic E-state index is 14.8. The Labute approximate surface area is 217 Å². The minimum Gasteiger partial charge on any atom is -0.481 e. The van der Waals surface area contributed by atoms with Gasteiger partial charge in [-0.05, 0) is 74.0 Å². The monoisotopic (exact) mass is 503 g/mol. The number of pyridine rings is 1. The molecular formula is C29H34FN5O2.